The Morgan fingerprint density at radius 3 is 2.82 bits per heavy atom. The van der Waals surface area contributed by atoms with E-state index in [1.807, 2.05) is 19.1 Å². The molecule has 3 aliphatic heterocycles. The Bertz CT molecular complexity index is 1250. The minimum absolute atomic E-state index is 0.00218. The van der Waals surface area contributed by atoms with Gasteiger partial charge in [0.2, 0.25) is 0 Å². The molecule has 1 saturated carbocycles. The van der Waals surface area contributed by atoms with E-state index in [0.29, 0.717) is 36.2 Å². The third kappa shape index (κ3) is 5.70. The van der Waals surface area contributed by atoms with Crippen LogP contribution in [0.4, 0.5) is 5.82 Å². The van der Waals surface area contributed by atoms with Crippen LogP contribution in [0.1, 0.15) is 49.8 Å². The molecule has 10 nitrogen and oxygen atoms in total. The van der Waals surface area contributed by atoms with E-state index < -0.39 is 0 Å². The van der Waals surface area contributed by atoms with Crippen LogP contribution in [-0.2, 0) is 11.4 Å². The first-order chi connectivity index (χ1) is 18.5. The summed E-state index contributed by atoms with van der Waals surface area (Å²) in [4.78, 5) is 15.3. The molecule has 10 heteroatoms. The van der Waals surface area contributed by atoms with Gasteiger partial charge in [0.15, 0.2) is 5.82 Å². The summed E-state index contributed by atoms with van der Waals surface area (Å²) in [6.45, 7) is 9.61. The zero-order valence-electron chi connectivity index (χ0n) is 21.9. The number of oxime groups is 1. The maximum atomic E-state index is 6.46. The maximum absolute atomic E-state index is 6.46. The van der Waals surface area contributed by atoms with Crippen molar-refractivity contribution in [3.05, 3.63) is 72.0 Å². The van der Waals surface area contributed by atoms with Gasteiger partial charge in [-0.25, -0.2) is 4.99 Å². The number of benzene rings is 1. The number of hydrogen-bond donors (Lipinski definition) is 4. The first-order valence-corrected chi connectivity index (χ1v) is 13.5. The zero-order chi connectivity index (χ0) is 26.1. The molecule has 4 heterocycles. The van der Waals surface area contributed by atoms with Gasteiger partial charge in [0.25, 0.3) is 0 Å². The summed E-state index contributed by atoms with van der Waals surface area (Å²) in [5, 5.41) is 18.1. The number of nitrogens with two attached hydrogens (primary N) is 1. The molecule has 38 heavy (non-hydrogen) atoms. The van der Waals surface area contributed by atoms with Gasteiger partial charge in [0, 0.05) is 61.9 Å². The molecule has 4 aliphatic rings. The lowest BCUT2D eigenvalue weighted by atomic mass is 10.2. The summed E-state index contributed by atoms with van der Waals surface area (Å²) < 4.78 is 0. The molecular weight excluding hydrogens is 478 g/mol. The van der Waals surface area contributed by atoms with E-state index in [1.54, 1.807) is 0 Å². The normalized spacial score (nSPS) is 25.4. The number of likely N-dealkylation sites (tertiary alicyclic amines) is 2. The second-order valence-electron chi connectivity index (χ2n) is 10.9. The third-order valence-corrected chi connectivity index (χ3v) is 7.71. The van der Waals surface area contributed by atoms with Crippen LogP contribution < -0.4 is 16.4 Å². The van der Waals surface area contributed by atoms with Gasteiger partial charge in [0.05, 0.1) is 12.3 Å². The van der Waals surface area contributed by atoms with Crippen molar-refractivity contribution in [1.82, 2.24) is 25.3 Å². The molecule has 1 aromatic carbocycles. The number of H-pyrrole nitrogens is 1. The predicted octanol–water partition coefficient (Wildman–Crippen LogP) is 3.08. The SMILES string of the molecule is C=C(/N=C(\C=C(/N)Nc1cc(C2CC2)[nH]n1)N1C[C@H]2C[C@@H]1CN2Cc1ccccc1)NCC1CC(C)=NO1. The highest BCUT2D eigenvalue weighted by molar-refractivity contribution is 5.95. The van der Waals surface area contributed by atoms with Gasteiger partial charge >= 0.3 is 0 Å². The molecule has 1 aromatic heterocycles. The number of piperazine rings is 1. The highest BCUT2D eigenvalue weighted by Gasteiger charge is 2.44. The van der Waals surface area contributed by atoms with Crippen LogP contribution in [-0.4, -0.2) is 69.4 Å². The Kier molecular flexibility index (Phi) is 6.80. The minimum atomic E-state index is 0.00218. The van der Waals surface area contributed by atoms with Crippen molar-refractivity contribution in [3.63, 3.8) is 0 Å². The van der Waals surface area contributed by atoms with E-state index >= 15 is 0 Å². The lowest BCUT2D eigenvalue weighted by Crippen LogP contribution is -2.48. The average molecular weight is 516 g/mol. The number of hydrogen-bond acceptors (Lipinski definition) is 8. The zero-order valence-corrected chi connectivity index (χ0v) is 21.9. The van der Waals surface area contributed by atoms with Gasteiger partial charge in [-0.1, -0.05) is 42.1 Å². The average Bonchev–Trinajstić information content (AvgIpc) is 3.22. The monoisotopic (exact) mass is 515 g/mol. The number of anilines is 1. The summed E-state index contributed by atoms with van der Waals surface area (Å²) in [5.41, 5.74) is 9.98. The number of nitrogens with zero attached hydrogens (tertiary/aromatic N) is 5. The fraction of sp³-hybridized carbons (Fsp3) is 0.464. The third-order valence-electron chi connectivity index (χ3n) is 7.71. The van der Waals surface area contributed by atoms with Gasteiger partial charge in [-0.15, -0.1) is 0 Å². The van der Waals surface area contributed by atoms with Gasteiger partial charge in [-0.3, -0.25) is 10.00 Å². The number of rotatable bonds is 10. The van der Waals surface area contributed by atoms with E-state index in [2.05, 4.69) is 72.7 Å². The molecule has 5 N–H and O–H groups in total. The Labute approximate surface area is 223 Å². The Hall–Kier alpha value is -3.79. The summed E-state index contributed by atoms with van der Waals surface area (Å²) >= 11 is 0. The first-order valence-electron chi connectivity index (χ1n) is 13.5. The number of aromatic nitrogens is 2. The highest BCUT2D eigenvalue weighted by Crippen LogP contribution is 2.39. The fourth-order valence-corrected chi connectivity index (χ4v) is 5.64. The summed E-state index contributed by atoms with van der Waals surface area (Å²) in [7, 11) is 0. The van der Waals surface area contributed by atoms with Crippen LogP contribution in [0.5, 0.6) is 0 Å². The number of fused-ring (bicyclic) bond motifs is 2. The molecule has 6 rings (SSSR count). The van der Waals surface area contributed by atoms with Crippen molar-refractivity contribution in [1.29, 1.82) is 0 Å². The van der Waals surface area contributed by atoms with Crippen molar-refractivity contribution < 1.29 is 4.84 Å². The van der Waals surface area contributed by atoms with Crippen molar-refractivity contribution >= 4 is 17.4 Å². The molecule has 0 spiro atoms. The molecule has 1 unspecified atom stereocenters. The Morgan fingerprint density at radius 2 is 2.11 bits per heavy atom. The van der Waals surface area contributed by atoms with Gasteiger partial charge < -0.3 is 26.1 Å². The molecule has 200 valence electrons. The van der Waals surface area contributed by atoms with Crippen LogP contribution in [0.25, 0.3) is 0 Å². The molecule has 0 amide bonds. The standard InChI is InChI=1S/C28H37N9O/c1-18-10-24(38-35-18)14-30-19(2)31-28(13-26(29)32-27-12-25(33-34-27)21-8-9-21)37-17-22-11-23(37)16-36(22)15-20-6-4-3-5-7-20/h3-7,12-13,21-24,30H,2,8-11,14-17,29H2,1H3,(H2,32,33,34)/b26-13+,31-28+/t22-,23-,24?/m1/s1. The summed E-state index contributed by atoms with van der Waals surface area (Å²) in [6.07, 6.45) is 6.27. The molecule has 2 bridgehead atoms. The Balaban J connectivity index is 1.14. The number of nitrogens with one attached hydrogen (secondary N) is 3. The quantitative estimate of drug-likeness (QED) is 0.284. The lowest BCUT2D eigenvalue weighted by molar-refractivity contribution is 0.0869. The number of aliphatic imine (C=N–C) groups is 1. The van der Waals surface area contributed by atoms with Gasteiger partial charge in [-0.05, 0) is 31.7 Å². The largest absolute Gasteiger partial charge is 0.390 e. The highest BCUT2D eigenvalue weighted by atomic mass is 16.6. The van der Waals surface area contributed by atoms with Crippen LogP contribution in [0.2, 0.25) is 0 Å². The molecular formula is C28H37N9O. The van der Waals surface area contributed by atoms with Crippen LogP contribution >= 0.6 is 0 Å². The van der Waals surface area contributed by atoms with E-state index in [-0.39, 0.29) is 6.10 Å². The number of aromatic amines is 1. The molecule has 3 fully saturated rings. The predicted molar refractivity (Wildman–Crippen MR) is 149 cm³/mol. The van der Waals surface area contributed by atoms with Crippen molar-refractivity contribution in [2.24, 2.45) is 15.9 Å². The summed E-state index contributed by atoms with van der Waals surface area (Å²) in [6, 6.07) is 13.6. The molecule has 1 aliphatic carbocycles. The van der Waals surface area contributed by atoms with Crippen molar-refractivity contribution in [3.8, 4) is 0 Å². The van der Waals surface area contributed by atoms with Crippen LogP contribution in [0.15, 0.2) is 70.8 Å². The maximum Gasteiger partial charge on any atom is 0.153 e. The van der Waals surface area contributed by atoms with Crippen LogP contribution in [0, 0.1) is 0 Å². The van der Waals surface area contributed by atoms with E-state index in [1.165, 1.54) is 18.4 Å². The molecule has 2 aromatic rings. The summed E-state index contributed by atoms with van der Waals surface area (Å²) in [5.74, 6) is 3.21. The van der Waals surface area contributed by atoms with Gasteiger partial charge in [-0.2, -0.15) is 5.10 Å². The number of amidine groups is 1. The van der Waals surface area contributed by atoms with E-state index in [0.717, 1.165) is 55.5 Å². The van der Waals surface area contributed by atoms with Crippen LogP contribution in [0.3, 0.4) is 0 Å². The van der Waals surface area contributed by atoms with Crippen molar-refractivity contribution in [2.75, 3.05) is 25.0 Å². The topological polar surface area (TPSA) is 119 Å². The smallest absolute Gasteiger partial charge is 0.153 e. The minimum Gasteiger partial charge on any atom is -0.390 e. The first kappa shape index (κ1) is 24.5. The Morgan fingerprint density at radius 1 is 1.26 bits per heavy atom. The molecule has 3 atom stereocenters. The lowest BCUT2D eigenvalue weighted by Gasteiger charge is -2.35. The van der Waals surface area contributed by atoms with E-state index in [9.17, 15) is 0 Å². The molecule has 2 saturated heterocycles. The van der Waals surface area contributed by atoms with Crippen molar-refractivity contribution in [2.45, 2.75) is 63.3 Å². The van der Waals surface area contributed by atoms with E-state index in [4.69, 9.17) is 15.6 Å². The second-order valence-corrected chi connectivity index (χ2v) is 10.9. The van der Waals surface area contributed by atoms with Gasteiger partial charge in [0.1, 0.15) is 23.6 Å². The molecule has 0 radical (unpaired) electrons. The second kappa shape index (κ2) is 10.5. The fourth-order valence-electron chi connectivity index (χ4n) is 5.64.